The summed E-state index contributed by atoms with van der Waals surface area (Å²) in [5.74, 6) is 1.74. The molecule has 76 valence electrons. The van der Waals surface area contributed by atoms with E-state index in [1.807, 2.05) is 12.4 Å². The highest BCUT2D eigenvalue weighted by atomic mass is 127. The minimum Gasteiger partial charge on any atom is -0.341 e. The van der Waals surface area contributed by atoms with Gasteiger partial charge in [-0.15, -0.1) is 0 Å². The number of rotatable bonds is 1. The van der Waals surface area contributed by atoms with Crippen molar-refractivity contribution in [1.29, 1.82) is 0 Å². The summed E-state index contributed by atoms with van der Waals surface area (Å²) in [6.07, 6.45) is 6.27. The quantitative estimate of drug-likeness (QED) is 0.746. The summed E-state index contributed by atoms with van der Waals surface area (Å²) in [5.41, 5.74) is 0. The van der Waals surface area contributed by atoms with E-state index in [4.69, 9.17) is 0 Å². The molecule has 4 heteroatoms. The first-order valence-corrected chi connectivity index (χ1v) is 6.06. The monoisotopic (exact) mass is 303 g/mol. The van der Waals surface area contributed by atoms with Crippen LogP contribution in [0.3, 0.4) is 0 Å². The minimum atomic E-state index is 0.857. The van der Waals surface area contributed by atoms with E-state index in [9.17, 15) is 0 Å². The number of anilines is 1. The van der Waals surface area contributed by atoms with Crippen LogP contribution >= 0.6 is 22.6 Å². The first-order valence-electron chi connectivity index (χ1n) is 4.98. The Balaban J connectivity index is 2.05. The van der Waals surface area contributed by atoms with Crippen molar-refractivity contribution >= 4 is 28.5 Å². The predicted octanol–water partition coefficient (Wildman–Crippen LogP) is 2.32. The van der Waals surface area contributed by atoms with Gasteiger partial charge in [0.2, 0.25) is 5.95 Å². The van der Waals surface area contributed by atoms with Crippen molar-refractivity contribution in [3.05, 3.63) is 16.0 Å². The van der Waals surface area contributed by atoms with Crippen LogP contribution in [0.4, 0.5) is 5.95 Å². The molecule has 1 aromatic rings. The van der Waals surface area contributed by atoms with E-state index < -0.39 is 0 Å². The third-order valence-electron chi connectivity index (χ3n) is 2.67. The summed E-state index contributed by atoms with van der Waals surface area (Å²) in [6.45, 7) is 4.51. The van der Waals surface area contributed by atoms with Gasteiger partial charge in [0, 0.05) is 29.1 Å². The van der Waals surface area contributed by atoms with E-state index in [2.05, 4.69) is 44.4 Å². The molecule has 0 radical (unpaired) electrons. The van der Waals surface area contributed by atoms with Gasteiger partial charge in [0.15, 0.2) is 0 Å². The van der Waals surface area contributed by atoms with Crippen molar-refractivity contribution < 1.29 is 0 Å². The molecule has 14 heavy (non-hydrogen) atoms. The van der Waals surface area contributed by atoms with Gasteiger partial charge in [-0.3, -0.25) is 0 Å². The summed E-state index contributed by atoms with van der Waals surface area (Å²) in [6, 6.07) is 0. The summed E-state index contributed by atoms with van der Waals surface area (Å²) < 4.78 is 1.09. The van der Waals surface area contributed by atoms with Gasteiger partial charge in [0.25, 0.3) is 0 Å². The zero-order chi connectivity index (χ0) is 9.97. The fraction of sp³-hybridized carbons (Fsp3) is 0.600. The molecule has 1 aliphatic heterocycles. The lowest BCUT2D eigenvalue weighted by Crippen LogP contribution is -2.34. The van der Waals surface area contributed by atoms with Crippen molar-refractivity contribution in [1.82, 2.24) is 9.97 Å². The van der Waals surface area contributed by atoms with Gasteiger partial charge in [0.05, 0.1) is 0 Å². The molecule has 2 rings (SSSR count). The highest BCUT2D eigenvalue weighted by molar-refractivity contribution is 14.1. The number of piperidine rings is 1. The molecule has 0 aromatic carbocycles. The van der Waals surface area contributed by atoms with E-state index in [0.717, 1.165) is 28.5 Å². The fourth-order valence-corrected chi connectivity index (χ4v) is 1.96. The third-order valence-corrected chi connectivity index (χ3v) is 3.23. The summed E-state index contributed by atoms with van der Waals surface area (Å²) in [4.78, 5) is 10.9. The minimum absolute atomic E-state index is 0.857. The SMILES string of the molecule is CC1CCN(c2ncc(I)cn2)CC1. The molecular weight excluding hydrogens is 289 g/mol. The van der Waals surface area contributed by atoms with E-state index >= 15 is 0 Å². The number of nitrogens with zero attached hydrogens (tertiary/aromatic N) is 3. The Morgan fingerprint density at radius 3 is 2.43 bits per heavy atom. The topological polar surface area (TPSA) is 29.0 Å². The first-order chi connectivity index (χ1) is 6.75. The van der Waals surface area contributed by atoms with Crippen molar-refractivity contribution in [3.63, 3.8) is 0 Å². The summed E-state index contributed by atoms with van der Waals surface area (Å²) in [7, 11) is 0. The molecule has 0 amide bonds. The third kappa shape index (κ3) is 2.34. The average Bonchev–Trinajstić information content (AvgIpc) is 2.21. The van der Waals surface area contributed by atoms with Gasteiger partial charge in [-0.2, -0.15) is 0 Å². The van der Waals surface area contributed by atoms with Gasteiger partial charge >= 0.3 is 0 Å². The van der Waals surface area contributed by atoms with Crippen LogP contribution in [0, 0.1) is 9.49 Å². The zero-order valence-corrected chi connectivity index (χ0v) is 10.4. The number of hydrogen-bond acceptors (Lipinski definition) is 3. The number of aromatic nitrogens is 2. The Labute approximate surface area is 98.1 Å². The lowest BCUT2D eigenvalue weighted by atomic mass is 10.00. The molecule has 0 unspecified atom stereocenters. The van der Waals surface area contributed by atoms with Gasteiger partial charge < -0.3 is 4.90 Å². The maximum absolute atomic E-state index is 4.33. The van der Waals surface area contributed by atoms with Crippen LogP contribution in [0.5, 0.6) is 0 Å². The van der Waals surface area contributed by atoms with Crippen molar-refractivity contribution in [2.45, 2.75) is 19.8 Å². The lowest BCUT2D eigenvalue weighted by Gasteiger charge is -2.30. The second kappa shape index (κ2) is 4.42. The van der Waals surface area contributed by atoms with Crippen LogP contribution in [0.2, 0.25) is 0 Å². The normalized spacial score (nSPS) is 18.6. The van der Waals surface area contributed by atoms with Gasteiger partial charge in [-0.05, 0) is 41.4 Å². The van der Waals surface area contributed by atoms with Crippen LogP contribution in [0.25, 0.3) is 0 Å². The van der Waals surface area contributed by atoms with Crippen LogP contribution in [0.15, 0.2) is 12.4 Å². The maximum Gasteiger partial charge on any atom is 0.225 e. The standard InChI is InChI=1S/C10H14IN3/c1-8-2-4-14(5-3-8)10-12-6-9(11)7-13-10/h6-8H,2-5H2,1H3. The Morgan fingerprint density at radius 1 is 1.29 bits per heavy atom. The number of hydrogen-bond donors (Lipinski definition) is 0. The first kappa shape index (κ1) is 10.1. The number of halogens is 1. The van der Waals surface area contributed by atoms with Crippen molar-refractivity contribution in [3.8, 4) is 0 Å². The molecule has 3 nitrogen and oxygen atoms in total. The van der Waals surface area contributed by atoms with Gasteiger partial charge in [-0.25, -0.2) is 9.97 Å². The smallest absolute Gasteiger partial charge is 0.225 e. The molecule has 1 saturated heterocycles. The average molecular weight is 303 g/mol. The van der Waals surface area contributed by atoms with E-state index in [1.54, 1.807) is 0 Å². The van der Waals surface area contributed by atoms with E-state index in [0.29, 0.717) is 0 Å². The molecule has 1 aliphatic rings. The highest BCUT2D eigenvalue weighted by Gasteiger charge is 2.17. The van der Waals surface area contributed by atoms with E-state index in [-0.39, 0.29) is 0 Å². The molecule has 0 bridgehead atoms. The maximum atomic E-state index is 4.33. The van der Waals surface area contributed by atoms with Gasteiger partial charge in [0.1, 0.15) is 0 Å². The second-order valence-corrected chi connectivity index (χ2v) is 5.12. The highest BCUT2D eigenvalue weighted by Crippen LogP contribution is 2.19. The molecule has 0 aliphatic carbocycles. The molecule has 0 saturated carbocycles. The van der Waals surface area contributed by atoms with Crippen LogP contribution in [-0.2, 0) is 0 Å². The fourth-order valence-electron chi connectivity index (χ4n) is 1.68. The molecule has 1 fully saturated rings. The van der Waals surface area contributed by atoms with E-state index in [1.165, 1.54) is 12.8 Å². The summed E-state index contributed by atoms with van der Waals surface area (Å²) in [5, 5.41) is 0. The van der Waals surface area contributed by atoms with Crippen molar-refractivity contribution in [2.24, 2.45) is 5.92 Å². The molecule has 1 aromatic heterocycles. The Hall–Kier alpha value is -0.390. The van der Waals surface area contributed by atoms with Gasteiger partial charge in [-0.1, -0.05) is 6.92 Å². The predicted molar refractivity (Wildman–Crippen MR) is 65.4 cm³/mol. The Bertz CT molecular complexity index is 291. The zero-order valence-electron chi connectivity index (χ0n) is 8.28. The largest absolute Gasteiger partial charge is 0.341 e. The Morgan fingerprint density at radius 2 is 1.86 bits per heavy atom. The van der Waals surface area contributed by atoms with Crippen molar-refractivity contribution in [2.75, 3.05) is 18.0 Å². The molecule has 2 heterocycles. The van der Waals surface area contributed by atoms with Crippen LogP contribution in [-0.4, -0.2) is 23.1 Å². The van der Waals surface area contributed by atoms with Crippen LogP contribution in [0.1, 0.15) is 19.8 Å². The summed E-state index contributed by atoms with van der Waals surface area (Å²) >= 11 is 2.23. The second-order valence-electron chi connectivity index (χ2n) is 3.87. The molecule has 0 spiro atoms. The molecular formula is C10H14IN3. The Kier molecular flexibility index (Phi) is 3.20. The lowest BCUT2D eigenvalue weighted by molar-refractivity contribution is 0.434. The van der Waals surface area contributed by atoms with Crippen LogP contribution < -0.4 is 4.90 Å². The molecule has 0 N–H and O–H groups in total. The molecule has 0 atom stereocenters.